The SMILES string of the molecule is CN(C)C1CCN(C(=O)Nc2cc(-c3cnn(C)c3)ccn2)CC1. The van der Waals surface area contributed by atoms with Gasteiger partial charge in [-0.1, -0.05) is 0 Å². The molecule has 7 heteroatoms. The van der Waals surface area contributed by atoms with Gasteiger partial charge in [0.2, 0.25) is 0 Å². The van der Waals surface area contributed by atoms with Gasteiger partial charge >= 0.3 is 6.03 Å². The summed E-state index contributed by atoms with van der Waals surface area (Å²) >= 11 is 0. The maximum Gasteiger partial charge on any atom is 0.323 e. The van der Waals surface area contributed by atoms with Crippen LogP contribution in [0.15, 0.2) is 30.7 Å². The van der Waals surface area contributed by atoms with Crippen LogP contribution < -0.4 is 5.32 Å². The van der Waals surface area contributed by atoms with Gasteiger partial charge in [-0.05, 0) is 44.6 Å². The summed E-state index contributed by atoms with van der Waals surface area (Å²) in [5, 5.41) is 7.08. The lowest BCUT2D eigenvalue weighted by atomic mass is 10.0. The number of urea groups is 1. The molecular weight excluding hydrogens is 304 g/mol. The van der Waals surface area contributed by atoms with Gasteiger partial charge in [0.15, 0.2) is 0 Å². The number of likely N-dealkylation sites (tertiary alicyclic amines) is 1. The molecule has 1 fully saturated rings. The Bertz CT molecular complexity index is 703. The van der Waals surface area contributed by atoms with Crippen LogP contribution >= 0.6 is 0 Å². The standard InChI is InChI=1S/C17H24N6O/c1-21(2)15-5-8-23(9-6-15)17(24)20-16-10-13(4-7-18-16)14-11-19-22(3)12-14/h4,7,10-12,15H,5-6,8-9H2,1-3H3,(H,18,20,24). The van der Waals surface area contributed by atoms with E-state index in [4.69, 9.17) is 0 Å². The number of rotatable bonds is 3. The van der Waals surface area contributed by atoms with Crippen molar-refractivity contribution in [1.82, 2.24) is 24.6 Å². The highest BCUT2D eigenvalue weighted by Gasteiger charge is 2.24. The summed E-state index contributed by atoms with van der Waals surface area (Å²) in [6.45, 7) is 1.55. The van der Waals surface area contributed by atoms with Gasteiger partial charge in [-0.25, -0.2) is 9.78 Å². The Morgan fingerprint density at radius 3 is 2.67 bits per heavy atom. The fourth-order valence-corrected chi connectivity index (χ4v) is 3.02. The van der Waals surface area contributed by atoms with E-state index in [-0.39, 0.29) is 6.03 Å². The second-order valence-corrected chi connectivity index (χ2v) is 6.44. The Morgan fingerprint density at radius 2 is 2.04 bits per heavy atom. The minimum absolute atomic E-state index is 0.0805. The lowest BCUT2D eigenvalue weighted by molar-refractivity contribution is 0.156. The molecule has 0 bridgehead atoms. The number of pyridine rings is 1. The number of hydrogen-bond donors (Lipinski definition) is 1. The first kappa shape index (κ1) is 16.4. The van der Waals surface area contributed by atoms with Crippen LogP contribution in [0, 0.1) is 0 Å². The van der Waals surface area contributed by atoms with Crippen molar-refractivity contribution in [2.75, 3.05) is 32.5 Å². The first-order chi connectivity index (χ1) is 11.5. The number of carbonyl (C=O) groups excluding carboxylic acids is 1. The van der Waals surface area contributed by atoms with Crippen molar-refractivity contribution in [1.29, 1.82) is 0 Å². The number of aryl methyl sites for hydroxylation is 1. The van der Waals surface area contributed by atoms with Gasteiger partial charge in [-0.2, -0.15) is 5.10 Å². The predicted molar refractivity (Wildman–Crippen MR) is 93.7 cm³/mol. The average Bonchev–Trinajstić information content (AvgIpc) is 3.02. The van der Waals surface area contributed by atoms with Crippen LogP contribution in [0.4, 0.5) is 10.6 Å². The van der Waals surface area contributed by atoms with Crippen LogP contribution in [0.25, 0.3) is 11.1 Å². The Balaban J connectivity index is 1.63. The monoisotopic (exact) mass is 328 g/mol. The highest BCUT2D eigenvalue weighted by molar-refractivity contribution is 5.89. The van der Waals surface area contributed by atoms with Crippen molar-refractivity contribution in [2.24, 2.45) is 7.05 Å². The van der Waals surface area contributed by atoms with Gasteiger partial charge in [-0.3, -0.25) is 10.00 Å². The van der Waals surface area contributed by atoms with Gasteiger partial charge in [0, 0.05) is 44.1 Å². The number of carbonyl (C=O) groups is 1. The number of amides is 2. The molecule has 1 aliphatic heterocycles. The molecule has 3 heterocycles. The number of piperidine rings is 1. The Morgan fingerprint density at radius 1 is 1.29 bits per heavy atom. The van der Waals surface area contributed by atoms with E-state index in [0.717, 1.165) is 37.1 Å². The van der Waals surface area contributed by atoms with Crippen LogP contribution in [-0.4, -0.2) is 63.8 Å². The molecule has 3 rings (SSSR count). The number of hydrogen-bond acceptors (Lipinski definition) is 4. The first-order valence-electron chi connectivity index (χ1n) is 8.20. The molecule has 0 aromatic carbocycles. The molecule has 0 saturated carbocycles. The van der Waals surface area contributed by atoms with Crippen LogP contribution in [0.5, 0.6) is 0 Å². The molecule has 0 unspecified atom stereocenters. The largest absolute Gasteiger partial charge is 0.324 e. The van der Waals surface area contributed by atoms with Crippen LogP contribution in [0.1, 0.15) is 12.8 Å². The zero-order chi connectivity index (χ0) is 17.1. The average molecular weight is 328 g/mol. The predicted octanol–water partition coefficient (Wildman–Crippen LogP) is 2.04. The number of nitrogens with zero attached hydrogens (tertiary/aromatic N) is 5. The van der Waals surface area contributed by atoms with E-state index >= 15 is 0 Å². The fraction of sp³-hybridized carbons (Fsp3) is 0.471. The molecular formula is C17H24N6O. The third kappa shape index (κ3) is 3.73. The summed E-state index contributed by atoms with van der Waals surface area (Å²) in [6, 6.07) is 4.26. The highest BCUT2D eigenvalue weighted by Crippen LogP contribution is 2.21. The number of nitrogens with one attached hydrogen (secondary N) is 1. The topological polar surface area (TPSA) is 66.3 Å². The minimum Gasteiger partial charge on any atom is -0.324 e. The quantitative estimate of drug-likeness (QED) is 0.936. The zero-order valence-corrected chi connectivity index (χ0v) is 14.4. The van der Waals surface area contributed by atoms with Crippen LogP contribution in [-0.2, 0) is 7.05 Å². The highest BCUT2D eigenvalue weighted by atomic mass is 16.2. The van der Waals surface area contributed by atoms with Gasteiger partial charge in [-0.15, -0.1) is 0 Å². The van der Waals surface area contributed by atoms with Crippen LogP contribution in [0.3, 0.4) is 0 Å². The van der Waals surface area contributed by atoms with Gasteiger partial charge < -0.3 is 9.80 Å². The third-order valence-corrected chi connectivity index (χ3v) is 4.52. The summed E-state index contributed by atoms with van der Waals surface area (Å²) in [5.74, 6) is 0.566. The van der Waals surface area contributed by atoms with Crippen molar-refractivity contribution in [3.63, 3.8) is 0 Å². The minimum atomic E-state index is -0.0805. The van der Waals surface area contributed by atoms with E-state index < -0.39 is 0 Å². The Labute approximate surface area is 142 Å². The molecule has 7 nitrogen and oxygen atoms in total. The smallest absolute Gasteiger partial charge is 0.323 e. The molecule has 128 valence electrons. The second kappa shape index (κ2) is 7.00. The number of anilines is 1. The molecule has 2 aromatic heterocycles. The molecule has 1 aliphatic rings. The second-order valence-electron chi connectivity index (χ2n) is 6.44. The van der Waals surface area contributed by atoms with E-state index in [0.29, 0.717) is 11.9 Å². The molecule has 0 radical (unpaired) electrons. The lowest BCUT2D eigenvalue weighted by Gasteiger charge is -2.35. The number of aromatic nitrogens is 3. The first-order valence-corrected chi connectivity index (χ1v) is 8.20. The van der Waals surface area contributed by atoms with Gasteiger partial charge in [0.1, 0.15) is 5.82 Å². The molecule has 24 heavy (non-hydrogen) atoms. The summed E-state index contributed by atoms with van der Waals surface area (Å²) in [5.41, 5.74) is 1.99. The molecule has 1 saturated heterocycles. The summed E-state index contributed by atoms with van der Waals surface area (Å²) < 4.78 is 1.75. The van der Waals surface area contributed by atoms with Crippen molar-refractivity contribution >= 4 is 11.8 Å². The Hall–Kier alpha value is -2.41. The normalized spacial score (nSPS) is 15.8. The van der Waals surface area contributed by atoms with Gasteiger partial charge in [0.25, 0.3) is 0 Å². The zero-order valence-electron chi connectivity index (χ0n) is 14.4. The van der Waals surface area contributed by atoms with E-state index in [2.05, 4.69) is 34.4 Å². The Kier molecular flexibility index (Phi) is 4.80. The van der Waals surface area contributed by atoms with Gasteiger partial charge in [0.05, 0.1) is 6.20 Å². The van der Waals surface area contributed by atoms with Crippen molar-refractivity contribution < 1.29 is 4.79 Å². The summed E-state index contributed by atoms with van der Waals surface area (Å²) in [4.78, 5) is 20.8. The van der Waals surface area contributed by atoms with Crippen molar-refractivity contribution in [2.45, 2.75) is 18.9 Å². The molecule has 2 amide bonds. The van der Waals surface area contributed by atoms with E-state index in [1.54, 1.807) is 17.1 Å². The fourth-order valence-electron chi connectivity index (χ4n) is 3.02. The van der Waals surface area contributed by atoms with Crippen molar-refractivity contribution in [3.05, 3.63) is 30.7 Å². The summed E-state index contributed by atoms with van der Waals surface area (Å²) in [7, 11) is 6.06. The third-order valence-electron chi connectivity index (χ3n) is 4.52. The molecule has 1 N–H and O–H groups in total. The maximum absolute atomic E-state index is 12.4. The van der Waals surface area contributed by atoms with Crippen LogP contribution in [0.2, 0.25) is 0 Å². The molecule has 2 aromatic rings. The van der Waals surface area contributed by atoms with E-state index in [1.807, 2.05) is 30.3 Å². The molecule has 0 atom stereocenters. The van der Waals surface area contributed by atoms with E-state index in [9.17, 15) is 4.79 Å². The molecule has 0 spiro atoms. The van der Waals surface area contributed by atoms with Crippen molar-refractivity contribution in [3.8, 4) is 11.1 Å². The maximum atomic E-state index is 12.4. The van der Waals surface area contributed by atoms with E-state index in [1.165, 1.54) is 0 Å². The lowest BCUT2D eigenvalue weighted by Crippen LogP contribution is -2.46. The summed E-state index contributed by atoms with van der Waals surface area (Å²) in [6.07, 6.45) is 7.45. The molecule has 0 aliphatic carbocycles.